The molecule has 0 saturated carbocycles. The van der Waals surface area contributed by atoms with E-state index in [4.69, 9.17) is 9.47 Å². The molecule has 1 unspecified atom stereocenters. The van der Waals surface area contributed by atoms with Crippen LogP contribution in [-0.2, 0) is 5.41 Å². The largest absolute Gasteiger partial charge is 0.497 e. The quantitative estimate of drug-likeness (QED) is 0.425. The molecular weight excluding hydrogens is 407 g/mol. The summed E-state index contributed by atoms with van der Waals surface area (Å²) in [5.74, 6) is 1.26. The average Bonchev–Trinajstić information content (AvgIpc) is 2.69. The first-order valence-corrected chi connectivity index (χ1v) is 12.1. The Kier molecular flexibility index (Phi) is 8.05. The predicted octanol–water partition coefficient (Wildman–Crippen LogP) is 6.74. The average molecular weight is 443 g/mol. The summed E-state index contributed by atoms with van der Waals surface area (Å²) in [5, 5.41) is 0. The molecule has 0 heterocycles. The Bertz CT molecular complexity index is 947. The minimum absolute atomic E-state index is 0.00789. The second-order valence-electron chi connectivity index (χ2n) is 9.42. The molecule has 0 bridgehead atoms. The first-order valence-electron chi connectivity index (χ1n) is 10.6. The predicted molar refractivity (Wildman–Crippen MR) is 129 cm³/mol. The number of rotatable bonds is 8. The van der Waals surface area contributed by atoms with E-state index in [0.29, 0.717) is 28.8 Å². The first-order chi connectivity index (χ1) is 14.4. The Morgan fingerprint density at radius 1 is 0.935 bits per heavy atom. The first kappa shape index (κ1) is 25.1. The van der Waals surface area contributed by atoms with Gasteiger partial charge in [0.25, 0.3) is 0 Å². The highest BCUT2D eigenvalue weighted by atomic mass is 31.1. The molecule has 0 spiro atoms. The molecule has 4 nitrogen and oxygen atoms in total. The summed E-state index contributed by atoms with van der Waals surface area (Å²) in [6, 6.07) is 9.29. The van der Waals surface area contributed by atoms with E-state index < -0.39 is 7.92 Å². The van der Waals surface area contributed by atoms with Gasteiger partial charge in [-0.15, -0.1) is 0 Å². The van der Waals surface area contributed by atoms with Crippen LogP contribution in [0, 0.1) is 19.8 Å². The van der Waals surface area contributed by atoms with Crippen LogP contribution in [-0.4, -0.2) is 31.4 Å². The van der Waals surface area contributed by atoms with Crippen molar-refractivity contribution in [3.63, 3.8) is 0 Å². The van der Waals surface area contributed by atoms with E-state index in [1.54, 1.807) is 25.3 Å². The van der Waals surface area contributed by atoms with Gasteiger partial charge in [-0.2, -0.15) is 0 Å². The summed E-state index contributed by atoms with van der Waals surface area (Å²) < 4.78 is 10.7. The molecular formula is C26H35O4P. The summed E-state index contributed by atoms with van der Waals surface area (Å²) in [6.45, 7) is 14.5. The normalized spacial score (nSPS) is 12.6. The third-order valence-electron chi connectivity index (χ3n) is 5.29. The maximum absolute atomic E-state index is 13.8. The van der Waals surface area contributed by atoms with Crippen LogP contribution < -0.4 is 9.47 Å². The number of ether oxygens (including phenoxy) is 2. The zero-order valence-corrected chi connectivity index (χ0v) is 21.1. The lowest BCUT2D eigenvalue weighted by atomic mass is 9.84. The lowest BCUT2D eigenvalue weighted by Gasteiger charge is -2.24. The number of hydrogen-bond donors (Lipinski definition) is 0. The van der Waals surface area contributed by atoms with Gasteiger partial charge >= 0.3 is 0 Å². The van der Waals surface area contributed by atoms with E-state index in [0.717, 1.165) is 11.1 Å². The number of benzene rings is 2. The Balaban J connectivity index is 2.55. The lowest BCUT2D eigenvalue weighted by molar-refractivity contribution is 0.104. The van der Waals surface area contributed by atoms with Crippen molar-refractivity contribution >= 4 is 19.0 Å². The SMILES string of the molecule is COc1ccc(C(=O)P(CC(C)C)C(=O)c2c(C)cc(C(C)(C)C)cc2C)c(OC)c1. The van der Waals surface area contributed by atoms with Crippen LogP contribution >= 0.6 is 7.92 Å². The van der Waals surface area contributed by atoms with Crippen LogP contribution in [0.15, 0.2) is 30.3 Å². The molecule has 0 amide bonds. The van der Waals surface area contributed by atoms with Gasteiger partial charge in [0.05, 0.1) is 19.8 Å². The Morgan fingerprint density at radius 2 is 1.52 bits per heavy atom. The van der Waals surface area contributed by atoms with Crippen molar-refractivity contribution in [3.05, 3.63) is 58.1 Å². The van der Waals surface area contributed by atoms with Gasteiger partial charge in [-0.1, -0.05) is 46.8 Å². The van der Waals surface area contributed by atoms with Crippen LogP contribution in [0.2, 0.25) is 0 Å². The number of carbonyl (C=O) groups excluding carboxylic acids is 2. The minimum Gasteiger partial charge on any atom is -0.497 e. The van der Waals surface area contributed by atoms with Crippen LogP contribution in [0.4, 0.5) is 0 Å². The number of methoxy groups -OCH3 is 2. The monoisotopic (exact) mass is 442 g/mol. The Labute approximate surface area is 188 Å². The van der Waals surface area contributed by atoms with Crippen molar-refractivity contribution in [2.24, 2.45) is 5.92 Å². The van der Waals surface area contributed by atoms with Gasteiger partial charge in [0.1, 0.15) is 11.5 Å². The van der Waals surface area contributed by atoms with Gasteiger partial charge in [0, 0.05) is 19.6 Å². The molecule has 0 aromatic heterocycles. The van der Waals surface area contributed by atoms with Gasteiger partial charge in [0.2, 0.25) is 0 Å². The molecule has 0 radical (unpaired) electrons. The second kappa shape index (κ2) is 9.96. The molecule has 0 fully saturated rings. The van der Waals surface area contributed by atoms with E-state index >= 15 is 0 Å². The molecule has 0 aliphatic heterocycles. The van der Waals surface area contributed by atoms with Crippen molar-refractivity contribution < 1.29 is 19.1 Å². The van der Waals surface area contributed by atoms with E-state index in [2.05, 4.69) is 32.9 Å². The number of hydrogen-bond acceptors (Lipinski definition) is 4. The number of aryl methyl sites for hydroxylation is 2. The molecule has 0 aliphatic carbocycles. The van der Waals surface area contributed by atoms with Crippen LogP contribution in [0.1, 0.15) is 72.0 Å². The molecule has 0 aliphatic rings. The van der Waals surface area contributed by atoms with Gasteiger partial charge in [-0.25, -0.2) is 0 Å². The van der Waals surface area contributed by atoms with Crippen molar-refractivity contribution in [1.29, 1.82) is 0 Å². The third-order valence-corrected chi connectivity index (χ3v) is 7.83. The fourth-order valence-corrected chi connectivity index (χ4v) is 5.96. The van der Waals surface area contributed by atoms with E-state index in [-0.39, 0.29) is 22.4 Å². The number of carbonyl (C=O) groups is 2. The zero-order chi connectivity index (χ0) is 23.5. The van der Waals surface area contributed by atoms with Crippen molar-refractivity contribution in [2.45, 2.75) is 53.9 Å². The lowest BCUT2D eigenvalue weighted by Crippen LogP contribution is -2.17. The highest BCUT2D eigenvalue weighted by Gasteiger charge is 2.33. The second-order valence-corrected chi connectivity index (χ2v) is 11.4. The summed E-state index contributed by atoms with van der Waals surface area (Å²) in [4.78, 5) is 27.4. The molecule has 168 valence electrons. The van der Waals surface area contributed by atoms with Gasteiger partial charge < -0.3 is 9.47 Å². The maximum atomic E-state index is 13.8. The molecule has 0 saturated heterocycles. The van der Waals surface area contributed by atoms with Crippen LogP contribution in [0.5, 0.6) is 11.5 Å². The summed E-state index contributed by atoms with van der Waals surface area (Å²) in [7, 11) is 1.51. The molecule has 2 aromatic rings. The van der Waals surface area contributed by atoms with Gasteiger partial charge in [-0.3, -0.25) is 9.59 Å². The molecule has 5 heteroatoms. The molecule has 2 aromatic carbocycles. The van der Waals surface area contributed by atoms with E-state index in [1.165, 1.54) is 12.7 Å². The molecule has 2 rings (SSSR count). The smallest absolute Gasteiger partial charge is 0.195 e. The molecule has 1 atom stereocenters. The standard InChI is InChI=1S/C26H35O4P/c1-16(2)15-31(24(27)21-11-10-20(29-8)14-22(21)30-9)25(28)23-17(3)12-19(13-18(23)4)26(5,6)7/h10-14,16H,15H2,1-9H3. The fraction of sp³-hybridized carbons (Fsp3) is 0.462. The Hall–Kier alpha value is -2.19. The minimum atomic E-state index is -1.58. The fourth-order valence-electron chi connectivity index (χ4n) is 3.61. The van der Waals surface area contributed by atoms with E-state index in [9.17, 15) is 9.59 Å². The van der Waals surface area contributed by atoms with Crippen LogP contribution in [0.3, 0.4) is 0 Å². The summed E-state index contributed by atoms with van der Waals surface area (Å²) in [5.41, 5.74) is 3.96. The topological polar surface area (TPSA) is 52.6 Å². The summed E-state index contributed by atoms with van der Waals surface area (Å²) in [6.07, 6.45) is 0.544. The summed E-state index contributed by atoms with van der Waals surface area (Å²) >= 11 is 0. The van der Waals surface area contributed by atoms with Crippen LogP contribution in [0.25, 0.3) is 0 Å². The van der Waals surface area contributed by atoms with Crippen molar-refractivity contribution in [1.82, 2.24) is 0 Å². The van der Waals surface area contributed by atoms with Crippen molar-refractivity contribution in [3.8, 4) is 11.5 Å². The highest BCUT2D eigenvalue weighted by molar-refractivity contribution is 7.90. The molecule has 31 heavy (non-hydrogen) atoms. The maximum Gasteiger partial charge on any atom is 0.195 e. The zero-order valence-electron chi connectivity index (χ0n) is 20.3. The van der Waals surface area contributed by atoms with Crippen molar-refractivity contribution in [2.75, 3.05) is 20.4 Å². The third kappa shape index (κ3) is 5.74. The molecule has 0 N–H and O–H groups in total. The highest BCUT2D eigenvalue weighted by Crippen LogP contribution is 2.48. The van der Waals surface area contributed by atoms with E-state index in [1.807, 2.05) is 27.7 Å². The van der Waals surface area contributed by atoms with Gasteiger partial charge in [0.15, 0.2) is 11.0 Å². The Morgan fingerprint density at radius 3 is 1.97 bits per heavy atom. The van der Waals surface area contributed by atoms with Gasteiger partial charge in [-0.05, 0) is 60.2 Å².